The molecule has 0 aliphatic rings. The van der Waals surface area contributed by atoms with Gasteiger partial charge in [-0.15, -0.1) is 0 Å². The molecule has 2 aromatic carbocycles. The van der Waals surface area contributed by atoms with Crippen LogP contribution in [0, 0.1) is 0 Å². The molecule has 0 aliphatic carbocycles. The number of amides is 1. The fourth-order valence-electron chi connectivity index (χ4n) is 2.62. The van der Waals surface area contributed by atoms with E-state index in [-0.39, 0.29) is 23.3 Å². The van der Waals surface area contributed by atoms with Crippen molar-refractivity contribution in [2.75, 3.05) is 37.7 Å². The zero-order valence-electron chi connectivity index (χ0n) is 16.7. The minimum atomic E-state index is -3.44. The van der Waals surface area contributed by atoms with Crippen molar-refractivity contribution in [2.45, 2.75) is 24.7 Å². The third kappa shape index (κ3) is 5.39. The van der Waals surface area contributed by atoms with Crippen molar-refractivity contribution in [1.29, 1.82) is 0 Å². The Hall–Kier alpha value is -2.74. The van der Waals surface area contributed by atoms with Gasteiger partial charge in [0.25, 0.3) is 0 Å². The van der Waals surface area contributed by atoms with E-state index in [1.807, 2.05) is 19.9 Å². The molecule has 1 amide bonds. The summed E-state index contributed by atoms with van der Waals surface area (Å²) >= 11 is 0. The predicted molar refractivity (Wildman–Crippen MR) is 110 cm³/mol. The number of hydrogen-bond acceptors (Lipinski definition) is 6. The Morgan fingerprint density at radius 2 is 1.71 bits per heavy atom. The van der Waals surface area contributed by atoms with Gasteiger partial charge in [0, 0.05) is 12.3 Å². The molecule has 0 fully saturated rings. The van der Waals surface area contributed by atoms with E-state index in [1.54, 1.807) is 37.4 Å². The van der Waals surface area contributed by atoms with E-state index >= 15 is 0 Å². The molecule has 152 valence electrons. The lowest BCUT2D eigenvalue weighted by atomic mass is 10.0. The zero-order valence-corrected chi connectivity index (χ0v) is 17.5. The number of carbonyl (C=O) groups is 1. The normalized spacial score (nSPS) is 11.2. The van der Waals surface area contributed by atoms with E-state index in [0.717, 1.165) is 11.8 Å². The number of rotatable bonds is 8. The van der Waals surface area contributed by atoms with Gasteiger partial charge >= 0.3 is 0 Å². The average Bonchev–Trinajstić information content (AvgIpc) is 2.65. The number of anilines is 2. The maximum absolute atomic E-state index is 12.3. The molecular weight excluding hydrogens is 380 g/mol. The van der Waals surface area contributed by atoms with Crippen molar-refractivity contribution < 1.29 is 22.7 Å². The molecule has 0 radical (unpaired) electrons. The second kappa shape index (κ2) is 8.97. The van der Waals surface area contributed by atoms with Crippen LogP contribution in [0.4, 0.5) is 11.4 Å². The fourth-order valence-corrected chi connectivity index (χ4v) is 3.51. The Morgan fingerprint density at radius 3 is 2.29 bits per heavy atom. The summed E-state index contributed by atoms with van der Waals surface area (Å²) in [4.78, 5) is 12.5. The molecular formula is C20H26N2O5S. The van der Waals surface area contributed by atoms with Gasteiger partial charge in [-0.25, -0.2) is 8.42 Å². The van der Waals surface area contributed by atoms with Crippen molar-refractivity contribution in [3.8, 4) is 11.5 Å². The molecule has 8 heteroatoms. The molecule has 7 nitrogen and oxygen atoms in total. The molecule has 0 saturated heterocycles. The number of hydrogen-bond donors (Lipinski definition) is 2. The van der Waals surface area contributed by atoms with Gasteiger partial charge < -0.3 is 20.1 Å². The van der Waals surface area contributed by atoms with E-state index in [2.05, 4.69) is 10.6 Å². The molecule has 0 unspecified atom stereocenters. The number of carbonyl (C=O) groups excluding carboxylic acids is 1. The first-order valence-corrected chi connectivity index (χ1v) is 10.6. The third-order valence-electron chi connectivity index (χ3n) is 4.19. The van der Waals surface area contributed by atoms with Crippen molar-refractivity contribution in [1.82, 2.24) is 0 Å². The number of methoxy groups -OCH3 is 2. The van der Waals surface area contributed by atoms with Crippen molar-refractivity contribution >= 4 is 27.1 Å². The average molecular weight is 407 g/mol. The van der Waals surface area contributed by atoms with Crippen LogP contribution >= 0.6 is 0 Å². The largest absolute Gasteiger partial charge is 0.497 e. The first kappa shape index (κ1) is 21.6. The number of ether oxygens (including phenoxy) is 2. The summed E-state index contributed by atoms with van der Waals surface area (Å²) < 4.78 is 34.7. The van der Waals surface area contributed by atoms with Crippen LogP contribution in [0.3, 0.4) is 0 Å². The molecule has 2 rings (SSSR count). The summed E-state index contributed by atoms with van der Waals surface area (Å²) in [5.41, 5.74) is 1.80. The van der Waals surface area contributed by atoms with Gasteiger partial charge in [-0.05, 0) is 35.7 Å². The van der Waals surface area contributed by atoms with Crippen LogP contribution in [0.15, 0.2) is 41.3 Å². The summed E-state index contributed by atoms with van der Waals surface area (Å²) in [6.45, 7) is 3.88. The Kier molecular flexibility index (Phi) is 6.90. The molecule has 28 heavy (non-hydrogen) atoms. The molecule has 0 spiro atoms. The van der Waals surface area contributed by atoms with Gasteiger partial charge in [-0.2, -0.15) is 0 Å². The highest BCUT2D eigenvalue weighted by Crippen LogP contribution is 2.29. The summed E-state index contributed by atoms with van der Waals surface area (Å²) in [5, 5.41) is 5.65. The lowest BCUT2D eigenvalue weighted by Gasteiger charge is -2.15. The van der Waals surface area contributed by atoms with E-state index in [1.165, 1.54) is 7.11 Å². The molecule has 0 atom stereocenters. The van der Waals surface area contributed by atoms with Crippen LogP contribution in [-0.4, -0.2) is 41.3 Å². The smallest absolute Gasteiger partial charge is 0.243 e. The van der Waals surface area contributed by atoms with Crippen LogP contribution < -0.4 is 20.1 Å². The summed E-state index contributed by atoms with van der Waals surface area (Å²) in [5.74, 6) is 0.929. The Bertz CT molecular complexity index is 955. The summed E-state index contributed by atoms with van der Waals surface area (Å²) in [7, 11) is -0.403. The van der Waals surface area contributed by atoms with Gasteiger partial charge in [0.1, 0.15) is 11.5 Å². The van der Waals surface area contributed by atoms with Gasteiger partial charge in [-0.1, -0.05) is 19.9 Å². The number of nitrogens with one attached hydrogen (secondary N) is 2. The molecule has 0 saturated carbocycles. The van der Waals surface area contributed by atoms with Crippen LogP contribution in [0.1, 0.15) is 25.3 Å². The minimum Gasteiger partial charge on any atom is -0.497 e. The summed E-state index contributed by atoms with van der Waals surface area (Å²) in [6.07, 6.45) is 1.15. The van der Waals surface area contributed by atoms with Crippen molar-refractivity contribution in [2.24, 2.45) is 0 Å². The third-order valence-corrected chi connectivity index (χ3v) is 5.33. The quantitative estimate of drug-likeness (QED) is 0.699. The van der Waals surface area contributed by atoms with E-state index in [4.69, 9.17) is 9.47 Å². The van der Waals surface area contributed by atoms with Crippen LogP contribution in [-0.2, 0) is 14.6 Å². The lowest BCUT2D eigenvalue weighted by molar-refractivity contribution is -0.114. The minimum absolute atomic E-state index is 0.0985. The maximum atomic E-state index is 12.3. The Balaban J connectivity index is 2.15. The SMILES string of the molecule is COc1ccc(NC(=O)CNc2ccc(C(C)C)cc2S(C)(=O)=O)c(OC)c1. The van der Waals surface area contributed by atoms with E-state index in [0.29, 0.717) is 22.9 Å². The van der Waals surface area contributed by atoms with Gasteiger partial charge in [0.15, 0.2) is 9.84 Å². The molecule has 2 N–H and O–H groups in total. The Labute approximate surface area is 166 Å². The summed E-state index contributed by atoms with van der Waals surface area (Å²) in [6, 6.07) is 10.2. The monoisotopic (exact) mass is 406 g/mol. The predicted octanol–water partition coefficient (Wildman–Crippen LogP) is 3.28. The maximum Gasteiger partial charge on any atom is 0.243 e. The fraction of sp³-hybridized carbons (Fsp3) is 0.350. The lowest BCUT2D eigenvalue weighted by Crippen LogP contribution is -2.23. The molecule has 0 heterocycles. The second-order valence-corrected chi connectivity index (χ2v) is 8.63. The van der Waals surface area contributed by atoms with Crippen molar-refractivity contribution in [3.05, 3.63) is 42.0 Å². The first-order chi connectivity index (χ1) is 13.2. The zero-order chi connectivity index (χ0) is 20.9. The standard InChI is InChI=1S/C20H26N2O5S/c1-13(2)14-6-8-17(19(10-14)28(5,24)25)21-12-20(23)22-16-9-7-15(26-3)11-18(16)27-4/h6-11,13,21H,12H2,1-5H3,(H,22,23). The topological polar surface area (TPSA) is 93.7 Å². The second-order valence-electron chi connectivity index (χ2n) is 6.65. The Morgan fingerprint density at radius 1 is 1.04 bits per heavy atom. The van der Waals surface area contributed by atoms with Crippen LogP contribution in [0.5, 0.6) is 11.5 Å². The van der Waals surface area contributed by atoms with Gasteiger partial charge in [0.2, 0.25) is 5.91 Å². The van der Waals surface area contributed by atoms with Gasteiger partial charge in [-0.3, -0.25) is 4.79 Å². The highest BCUT2D eigenvalue weighted by atomic mass is 32.2. The van der Waals surface area contributed by atoms with Gasteiger partial charge in [0.05, 0.1) is 37.0 Å². The first-order valence-electron chi connectivity index (χ1n) is 8.75. The van der Waals surface area contributed by atoms with Crippen LogP contribution in [0.25, 0.3) is 0 Å². The molecule has 0 aromatic heterocycles. The molecule has 2 aromatic rings. The van der Waals surface area contributed by atoms with E-state index < -0.39 is 9.84 Å². The highest BCUT2D eigenvalue weighted by molar-refractivity contribution is 7.90. The van der Waals surface area contributed by atoms with Crippen molar-refractivity contribution in [3.63, 3.8) is 0 Å². The number of sulfone groups is 1. The molecule has 0 bridgehead atoms. The highest BCUT2D eigenvalue weighted by Gasteiger charge is 2.16. The van der Waals surface area contributed by atoms with Crippen LogP contribution in [0.2, 0.25) is 0 Å². The van der Waals surface area contributed by atoms with E-state index in [9.17, 15) is 13.2 Å². The number of benzene rings is 2. The molecule has 0 aliphatic heterocycles.